The molecule has 0 amide bonds. The second-order valence-electron chi connectivity index (χ2n) is 3.40. The van der Waals surface area contributed by atoms with Crippen molar-refractivity contribution in [2.75, 3.05) is 19.6 Å². The molecule has 13 heavy (non-hydrogen) atoms. The van der Waals surface area contributed by atoms with Gasteiger partial charge in [0.15, 0.2) is 0 Å². The van der Waals surface area contributed by atoms with E-state index in [4.69, 9.17) is 5.73 Å². The first-order valence-electron chi connectivity index (χ1n) is 5.17. The van der Waals surface area contributed by atoms with E-state index in [1.54, 1.807) is 6.92 Å². The van der Waals surface area contributed by atoms with Crippen LogP contribution in [0.4, 0.5) is 0 Å². The minimum absolute atomic E-state index is 0.302. The second kappa shape index (κ2) is 9.68. The minimum atomic E-state index is 0.302. The van der Waals surface area contributed by atoms with Crippen molar-refractivity contribution in [1.82, 2.24) is 5.32 Å². The van der Waals surface area contributed by atoms with Gasteiger partial charge >= 0.3 is 0 Å². The molecule has 0 heterocycles. The van der Waals surface area contributed by atoms with E-state index in [9.17, 15) is 4.79 Å². The average molecular weight is 186 g/mol. The predicted octanol–water partition coefficient (Wildman–Crippen LogP) is 1.07. The number of hydrogen-bond donors (Lipinski definition) is 2. The van der Waals surface area contributed by atoms with Gasteiger partial charge in [0, 0.05) is 6.42 Å². The van der Waals surface area contributed by atoms with Gasteiger partial charge in [-0.25, -0.2) is 0 Å². The van der Waals surface area contributed by atoms with Crippen LogP contribution < -0.4 is 11.1 Å². The number of carbonyl (C=O) groups is 1. The maximum absolute atomic E-state index is 10.6. The monoisotopic (exact) mass is 186 g/mol. The van der Waals surface area contributed by atoms with Gasteiger partial charge in [0.1, 0.15) is 5.78 Å². The number of carbonyl (C=O) groups excluding carboxylic acids is 1. The molecule has 78 valence electrons. The molecule has 0 saturated heterocycles. The van der Waals surface area contributed by atoms with Gasteiger partial charge in [0.2, 0.25) is 0 Å². The van der Waals surface area contributed by atoms with Crippen LogP contribution in [0.15, 0.2) is 0 Å². The van der Waals surface area contributed by atoms with Crippen molar-refractivity contribution in [3.05, 3.63) is 0 Å². The molecule has 3 heteroatoms. The number of nitrogens with two attached hydrogens (primary N) is 1. The van der Waals surface area contributed by atoms with E-state index >= 15 is 0 Å². The second-order valence-corrected chi connectivity index (χ2v) is 3.40. The first kappa shape index (κ1) is 12.6. The molecular formula is C10H22N2O. The van der Waals surface area contributed by atoms with Crippen molar-refractivity contribution in [2.45, 2.75) is 39.0 Å². The van der Waals surface area contributed by atoms with Gasteiger partial charge in [0.25, 0.3) is 0 Å². The molecule has 0 aliphatic rings. The van der Waals surface area contributed by atoms with Gasteiger partial charge in [0.05, 0.1) is 0 Å². The first-order chi connectivity index (χ1) is 6.27. The molecule has 0 bridgehead atoms. The maximum Gasteiger partial charge on any atom is 0.129 e. The molecular weight excluding hydrogens is 164 g/mol. The van der Waals surface area contributed by atoms with E-state index in [-0.39, 0.29) is 0 Å². The van der Waals surface area contributed by atoms with Gasteiger partial charge in [-0.3, -0.25) is 0 Å². The Morgan fingerprint density at radius 1 is 1.15 bits per heavy atom. The van der Waals surface area contributed by atoms with Crippen LogP contribution in [0.1, 0.15) is 39.0 Å². The van der Waals surface area contributed by atoms with Gasteiger partial charge in [-0.1, -0.05) is 6.42 Å². The molecule has 0 aromatic carbocycles. The summed E-state index contributed by atoms with van der Waals surface area (Å²) < 4.78 is 0. The fraction of sp³-hybridized carbons (Fsp3) is 0.900. The van der Waals surface area contributed by atoms with Crippen molar-refractivity contribution >= 4 is 5.78 Å². The van der Waals surface area contributed by atoms with Crippen LogP contribution in [-0.4, -0.2) is 25.4 Å². The minimum Gasteiger partial charge on any atom is -0.330 e. The van der Waals surface area contributed by atoms with E-state index in [1.165, 1.54) is 0 Å². The lowest BCUT2D eigenvalue weighted by Gasteiger charge is -2.02. The fourth-order valence-electron chi connectivity index (χ4n) is 1.15. The van der Waals surface area contributed by atoms with Crippen molar-refractivity contribution in [1.29, 1.82) is 0 Å². The lowest BCUT2D eigenvalue weighted by Crippen LogP contribution is -2.19. The first-order valence-corrected chi connectivity index (χ1v) is 5.17. The molecule has 3 nitrogen and oxygen atoms in total. The highest BCUT2D eigenvalue weighted by Gasteiger charge is 1.93. The largest absolute Gasteiger partial charge is 0.330 e. The number of ketones is 1. The summed E-state index contributed by atoms with van der Waals surface area (Å²) in [5, 5.41) is 3.31. The Bertz CT molecular complexity index is 126. The van der Waals surface area contributed by atoms with Crippen molar-refractivity contribution in [2.24, 2.45) is 5.73 Å². The van der Waals surface area contributed by atoms with Gasteiger partial charge in [-0.05, 0) is 45.8 Å². The molecule has 0 aromatic rings. The summed E-state index contributed by atoms with van der Waals surface area (Å²) in [6.07, 6.45) is 5.14. The van der Waals surface area contributed by atoms with Crippen molar-refractivity contribution < 1.29 is 4.79 Å². The Morgan fingerprint density at radius 3 is 2.46 bits per heavy atom. The summed E-state index contributed by atoms with van der Waals surface area (Å²) in [5.74, 6) is 0.302. The van der Waals surface area contributed by atoms with Crippen molar-refractivity contribution in [3.63, 3.8) is 0 Å². The number of hydrogen-bond acceptors (Lipinski definition) is 3. The van der Waals surface area contributed by atoms with Crippen LogP contribution in [0.25, 0.3) is 0 Å². The van der Waals surface area contributed by atoms with E-state index in [0.29, 0.717) is 5.78 Å². The Labute approximate surface area is 81.1 Å². The molecule has 0 saturated carbocycles. The predicted molar refractivity (Wildman–Crippen MR) is 55.7 cm³/mol. The van der Waals surface area contributed by atoms with E-state index < -0.39 is 0 Å². The van der Waals surface area contributed by atoms with Gasteiger partial charge < -0.3 is 15.8 Å². The summed E-state index contributed by atoms with van der Waals surface area (Å²) in [6, 6.07) is 0. The molecule has 0 aliphatic heterocycles. The third kappa shape index (κ3) is 11.6. The number of unbranched alkanes of at least 4 members (excludes halogenated alkanes) is 2. The summed E-state index contributed by atoms with van der Waals surface area (Å²) in [4.78, 5) is 10.6. The van der Waals surface area contributed by atoms with Gasteiger partial charge in [-0.15, -0.1) is 0 Å². The Balaban J connectivity index is 2.87. The van der Waals surface area contributed by atoms with Gasteiger partial charge in [-0.2, -0.15) is 0 Å². The smallest absolute Gasteiger partial charge is 0.129 e. The molecule has 0 atom stereocenters. The Kier molecular flexibility index (Phi) is 9.37. The maximum atomic E-state index is 10.6. The van der Waals surface area contributed by atoms with Crippen LogP contribution in [0.5, 0.6) is 0 Å². The molecule has 0 fully saturated rings. The SMILES string of the molecule is CC(=O)CCCCCNCCCN. The Morgan fingerprint density at radius 2 is 1.85 bits per heavy atom. The van der Waals surface area contributed by atoms with Crippen LogP contribution in [0.2, 0.25) is 0 Å². The molecule has 0 aliphatic carbocycles. The standard InChI is InChI=1S/C10H22N2O/c1-10(13)6-3-2-4-8-12-9-5-7-11/h12H,2-9,11H2,1H3. The molecule has 3 N–H and O–H groups in total. The van der Waals surface area contributed by atoms with Crippen molar-refractivity contribution in [3.8, 4) is 0 Å². The summed E-state index contributed by atoms with van der Waals surface area (Å²) in [6.45, 7) is 4.48. The highest BCUT2D eigenvalue weighted by atomic mass is 16.1. The van der Waals surface area contributed by atoms with Crippen LogP contribution in [0, 0.1) is 0 Å². The molecule has 0 spiro atoms. The zero-order valence-electron chi connectivity index (χ0n) is 8.64. The third-order valence-corrected chi connectivity index (χ3v) is 1.94. The molecule has 0 unspecified atom stereocenters. The lowest BCUT2D eigenvalue weighted by molar-refractivity contribution is -0.117. The summed E-state index contributed by atoms with van der Waals surface area (Å²) >= 11 is 0. The van der Waals surface area contributed by atoms with E-state index in [1.807, 2.05) is 0 Å². The third-order valence-electron chi connectivity index (χ3n) is 1.94. The number of Topliss-reactive ketones (excluding diaryl/α,β-unsaturated/α-hetero) is 1. The molecule has 0 aromatic heterocycles. The van der Waals surface area contributed by atoms with Crippen LogP contribution in [0.3, 0.4) is 0 Å². The lowest BCUT2D eigenvalue weighted by atomic mass is 10.1. The molecule has 0 rings (SSSR count). The highest BCUT2D eigenvalue weighted by molar-refractivity contribution is 5.75. The zero-order valence-corrected chi connectivity index (χ0v) is 8.64. The van der Waals surface area contributed by atoms with E-state index in [2.05, 4.69) is 5.32 Å². The normalized spacial score (nSPS) is 10.3. The summed E-state index contributed by atoms with van der Waals surface area (Å²) in [5.41, 5.74) is 5.35. The zero-order chi connectivity index (χ0) is 9.94. The quantitative estimate of drug-likeness (QED) is 0.530. The number of nitrogens with one attached hydrogen (secondary N) is 1. The number of rotatable bonds is 9. The van der Waals surface area contributed by atoms with Crippen LogP contribution >= 0.6 is 0 Å². The Hall–Kier alpha value is -0.410. The van der Waals surface area contributed by atoms with E-state index in [0.717, 1.165) is 51.7 Å². The average Bonchev–Trinajstić information content (AvgIpc) is 2.09. The summed E-state index contributed by atoms with van der Waals surface area (Å²) in [7, 11) is 0. The van der Waals surface area contributed by atoms with Crippen LogP contribution in [-0.2, 0) is 4.79 Å². The topological polar surface area (TPSA) is 55.1 Å². The molecule has 0 radical (unpaired) electrons. The fourth-order valence-corrected chi connectivity index (χ4v) is 1.15. The highest BCUT2D eigenvalue weighted by Crippen LogP contribution is 1.98.